The highest BCUT2D eigenvalue weighted by Crippen LogP contribution is 2.30. The summed E-state index contributed by atoms with van der Waals surface area (Å²) in [4.78, 5) is 11.8. The molecular weight excluding hydrogens is 290 g/mol. The first kappa shape index (κ1) is 16.4. The maximum atomic E-state index is 8.36. The Bertz CT molecular complexity index is 746. The molecule has 0 saturated carbocycles. The number of hydrogen-bond acceptors (Lipinski definition) is 2. The first-order valence-electron chi connectivity index (χ1n) is 7.17. The van der Waals surface area contributed by atoms with Crippen molar-refractivity contribution in [3.05, 3.63) is 66.4 Å². The van der Waals surface area contributed by atoms with Crippen LogP contribution in [0.2, 0.25) is 0 Å². The molecule has 2 N–H and O–H groups in total. The predicted molar refractivity (Wildman–Crippen MR) is 91.6 cm³/mol. The third-order valence-electron chi connectivity index (χ3n) is 3.50. The van der Waals surface area contributed by atoms with Gasteiger partial charge in [0, 0.05) is 17.0 Å². The van der Waals surface area contributed by atoms with E-state index in [1.54, 1.807) is 7.11 Å². The van der Waals surface area contributed by atoms with Crippen molar-refractivity contribution in [3.8, 4) is 28.1 Å². The van der Waals surface area contributed by atoms with Crippen LogP contribution >= 0.6 is 0 Å². The van der Waals surface area contributed by atoms with Gasteiger partial charge in [0.1, 0.15) is 5.75 Å². The van der Waals surface area contributed by atoms with Gasteiger partial charge >= 0.3 is 0 Å². The van der Waals surface area contributed by atoms with Crippen molar-refractivity contribution in [2.24, 2.45) is 0 Å². The molecule has 0 aliphatic rings. The summed E-state index contributed by atoms with van der Waals surface area (Å²) in [7, 11) is 1.68. The van der Waals surface area contributed by atoms with Crippen LogP contribution in [-0.2, 0) is 4.79 Å². The summed E-state index contributed by atoms with van der Waals surface area (Å²) < 4.78 is 5.20. The van der Waals surface area contributed by atoms with E-state index in [0.29, 0.717) is 0 Å². The van der Waals surface area contributed by atoms with Crippen molar-refractivity contribution in [2.75, 3.05) is 7.11 Å². The lowest BCUT2D eigenvalue weighted by molar-refractivity contribution is -0.122. The minimum absolute atomic E-state index is 0.250. The first-order chi connectivity index (χ1) is 11.2. The molecular formula is C19H19NO3. The van der Waals surface area contributed by atoms with Gasteiger partial charge in [0.25, 0.3) is 6.47 Å². The molecule has 0 aliphatic heterocycles. The highest BCUT2D eigenvalue weighted by atomic mass is 16.5. The van der Waals surface area contributed by atoms with Gasteiger partial charge in [-0.15, -0.1) is 0 Å². The van der Waals surface area contributed by atoms with E-state index in [0.717, 1.165) is 11.4 Å². The van der Waals surface area contributed by atoms with Crippen LogP contribution < -0.4 is 4.74 Å². The van der Waals surface area contributed by atoms with Crippen molar-refractivity contribution in [3.63, 3.8) is 0 Å². The molecule has 3 aromatic rings. The summed E-state index contributed by atoms with van der Waals surface area (Å²) >= 11 is 0. The number of aromatic nitrogens is 1. The highest BCUT2D eigenvalue weighted by Gasteiger charge is 2.08. The van der Waals surface area contributed by atoms with Crippen molar-refractivity contribution in [1.29, 1.82) is 0 Å². The number of carbonyl (C=O) groups is 1. The lowest BCUT2D eigenvalue weighted by Gasteiger charge is -2.02. The quantitative estimate of drug-likeness (QED) is 0.706. The number of rotatable bonds is 3. The Morgan fingerprint density at radius 2 is 1.61 bits per heavy atom. The molecule has 3 rings (SSSR count). The molecule has 118 valence electrons. The molecule has 0 saturated heterocycles. The SMILES string of the molecule is COc1ccc(-c2cc(-c3ccccc3)[nH]c2C)cc1.O=CO. The molecule has 0 bridgehead atoms. The minimum Gasteiger partial charge on any atom is -0.497 e. The zero-order valence-electron chi connectivity index (χ0n) is 13.1. The Morgan fingerprint density at radius 1 is 1.00 bits per heavy atom. The van der Waals surface area contributed by atoms with E-state index in [4.69, 9.17) is 14.6 Å². The molecule has 1 heterocycles. The van der Waals surface area contributed by atoms with Crippen molar-refractivity contribution < 1.29 is 14.6 Å². The van der Waals surface area contributed by atoms with Gasteiger partial charge in [-0.1, -0.05) is 42.5 Å². The summed E-state index contributed by atoms with van der Waals surface area (Å²) in [6.45, 7) is 1.85. The Morgan fingerprint density at radius 3 is 2.17 bits per heavy atom. The number of nitrogens with one attached hydrogen (secondary N) is 1. The van der Waals surface area contributed by atoms with E-state index in [1.165, 1.54) is 22.4 Å². The van der Waals surface area contributed by atoms with Gasteiger partial charge in [-0.3, -0.25) is 4.79 Å². The van der Waals surface area contributed by atoms with E-state index in [2.05, 4.69) is 54.4 Å². The number of carboxylic acid groups (broad SMARTS) is 1. The third-order valence-corrected chi connectivity index (χ3v) is 3.50. The molecule has 2 aromatic carbocycles. The summed E-state index contributed by atoms with van der Waals surface area (Å²) in [6, 6.07) is 20.7. The van der Waals surface area contributed by atoms with E-state index in [9.17, 15) is 0 Å². The number of H-pyrrole nitrogens is 1. The minimum atomic E-state index is -0.250. The largest absolute Gasteiger partial charge is 0.497 e. The van der Waals surface area contributed by atoms with Crippen molar-refractivity contribution in [1.82, 2.24) is 4.98 Å². The fourth-order valence-electron chi connectivity index (χ4n) is 2.40. The molecule has 0 radical (unpaired) electrons. The molecule has 0 atom stereocenters. The van der Waals surface area contributed by atoms with Crippen LogP contribution in [0.5, 0.6) is 5.75 Å². The topological polar surface area (TPSA) is 62.3 Å². The predicted octanol–water partition coefficient (Wildman–Crippen LogP) is 4.37. The fourth-order valence-corrected chi connectivity index (χ4v) is 2.40. The second kappa shape index (κ2) is 7.84. The molecule has 0 unspecified atom stereocenters. The maximum Gasteiger partial charge on any atom is 0.290 e. The molecule has 0 aliphatic carbocycles. The van der Waals surface area contributed by atoms with Crippen LogP contribution in [0.25, 0.3) is 22.4 Å². The summed E-state index contributed by atoms with van der Waals surface area (Å²) in [5, 5.41) is 6.89. The monoisotopic (exact) mass is 309 g/mol. The van der Waals surface area contributed by atoms with Gasteiger partial charge < -0.3 is 14.8 Å². The average Bonchev–Trinajstić information content (AvgIpc) is 2.98. The molecule has 4 nitrogen and oxygen atoms in total. The Kier molecular flexibility index (Phi) is 5.58. The summed E-state index contributed by atoms with van der Waals surface area (Å²) in [5.41, 5.74) is 5.95. The van der Waals surface area contributed by atoms with E-state index in [1.807, 2.05) is 18.2 Å². The van der Waals surface area contributed by atoms with E-state index < -0.39 is 0 Å². The van der Waals surface area contributed by atoms with Crippen molar-refractivity contribution in [2.45, 2.75) is 6.92 Å². The highest BCUT2D eigenvalue weighted by molar-refractivity contribution is 5.74. The number of aryl methyl sites for hydroxylation is 1. The van der Waals surface area contributed by atoms with Crippen LogP contribution in [0.1, 0.15) is 5.69 Å². The first-order valence-corrected chi connectivity index (χ1v) is 7.17. The average molecular weight is 309 g/mol. The number of benzene rings is 2. The standard InChI is InChI=1S/C18H17NO.CH2O2/c1-13-17(14-8-10-16(20-2)11-9-14)12-18(19-13)15-6-4-3-5-7-15;2-1-3/h3-12,19H,1-2H3;1H,(H,2,3). The van der Waals surface area contributed by atoms with Crippen LogP contribution in [-0.4, -0.2) is 23.7 Å². The summed E-state index contributed by atoms with van der Waals surface area (Å²) in [6.07, 6.45) is 0. The Hall–Kier alpha value is -3.01. The second-order valence-electron chi connectivity index (χ2n) is 4.92. The van der Waals surface area contributed by atoms with Crippen molar-refractivity contribution >= 4 is 6.47 Å². The molecule has 1 aromatic heterocycles. The van der Waals surface area contributed by atoms with Crippen LogP contribution in [0.3, 0.4) is 0 Å². The van der Waals surface area contributed by atoms with Gasteiger partial charge in [-0.25, -0.2) is 0 Å². The van der Waals surface area contributed by atoms with Gasteiger partial charge in [0.05, 0.1) is 7.11 Å². The number of ether oxygens (including phenoxy) is 1. The van der Waals surface area contributed by atoms with Crippen LogP contribution in [0, 0.1) is 6.92 Å². The van der Waals surface area contributed by atoms with E-state index >= 15 is 0 Å². The molecule has 4 heteroatoms. The van der Waals surface area contributed by atoms with Gasteiger partial charge in [-0.05, 0) is 36.2 Å². The molecule has 0 spiro atoms. The normalized spacial score (nSPS) is 9.65. The van der Waals surface area contributed by atoms with Gasteiger partial charge in [-0.2, -0.15) is 0 Å². The molecule has 0 amide bonds. The molecule has 23 heavy (non-hydrogen) atoms. The van der Waals surface area contributed by atoms with E-state index in [-0.39, 0.29) is 6.47 Å². The number of aromatic amines is 1. The smallest absolute Gasteiger partial charge is 0.290 e. The second-order valence-corrected chi connectivity index (χ2v) is 4.92. The van der Waals surface area contributed by atoms with Gasteiger partial charge in [0.2, 0.25) is 0 Å². The lowest BCUT2D eigenvalue weighted by atomic mass is 10.1. The zero-order valence-corrected chi connectivity index (χ0v) is 13.1. The van der Waals surface area contributed by atoms with Crippen LogP contribution in [0.4, 0.5) is 0 Å². The lowest BCUT2D eigenvalue weighted by Crippen LogP contribution is -1.83. The zero-order chi connectivity index (χ0) is 16.7. The number of hydrogen-bond donors (Lipinski definition) is 2. The molecule has 0 fully saturated rings. The summed E-state index contributed by atoms with van der Waals surface area (Å²) in [5.74, 6) is 0.880. The Labute approximate surface area is 135 Å². The Balaban J connectivity index is 0.000000595. The van der Waals surface area contributed by atoms with Crippen LogP contribution in [0.15, 0.2) is 60.7 Å². The number of methoxy groups -OCH3 is 1. The maximum absolute atomic E-state index is 8.36. The van der Waals surface area contributed by atoms with Gasteiger partial charge in [0.15, 0.2) is 0 Å². The fraction of sp³-hybridized carbons (Fsp3) is 0.105. The third kappa shape index (κ3) is 4.01.